The Morgan fingerprint density at radius 1 is 1.06 bits per heavy atom. The SMILES string of the molecule is COc1ccc(OC)c([C@H](C)NC(=O)c2ccc(Cl)c(S(=O)(=O)N3CCCCC3)c2)c1. The van der Waals surface area contributed by atoms with Gasteiger partial charge >= 0.3 is 0 Å². The lowest BCUT2D eigenvalue weighted by Crippen LogP contribution is -2.36. The molecule has 0 radical (unpaired) electrons. The van der Waals surface area contributed by atoms with Gasteiger partial charge in [0.15, 0.2) is 0 Å². The van der Waals surface area contributed by atoms with Gasteiger partial charge in [-0.05, 0) is 56.2 Å². The van der Waals surface area contributed by atoms with Crippen molar-refractivity contribution < 1.29 is 22.7 Å². The average Bonchev–Trinajstić information content (AvgIpc) is 2.79. The average molecular weight is 467 g/mol. The third-order valence-corrected chi connectivity index (χ3v) is 7.76. The second kappa shape index (κ2) is 9.89. The molecule has 1 aliphatic heterocycles. The number of nitrogens with zero attached hydrogens (tertiary/aromatic N) is 1. The molecule has 9 heteroatoms. The molecular weight excluding hydrogens is 440 g/mol. The molecule has 0 aromatic heterocycles. The van der Waals surface area contributed by atoms with Crippen molar-refractivity contribution in [2.24, 2.45) is 0 Å². The molecule has 31 heavy (non-hydrogen) atoms. The van der Waals surface area contributed by atoms with Gasteiger partial charge < -0.3 is 14.8 Å². The molecule has 0 spiro atoms. The molecule has 0 bridgehead atoms. The van der Waals surface area contributed by atoms with Crippen LogP contribution >= 0.6 is 11.6 Å². The van der Waals surface area contributed by atoms with Gasteiger partial charge in [0.1, 0.15) is 16.4 Å². The quantitative estimate of drug-likeness (QED) is 0.666. The summed E-state index contributed by atoms with van der Waals surface area (Å²) in [5.41, 5.74) is 0.957. The van der Waals surface area contributed by atoms with Crippen LogP contribution in [0.5, 0.6) is 11.5 Å². The van der Waals surface area contributed by atoms with Gasteiger partial charge in [-0.3, -0.25) is 4.79 Å². The molecule has 3 rings (SSSR count). The van der Waals surface area contributed by atoms with Gasteiger partial charge in [0.2, 0.25) is 10.0 Å². The number of halogens is 1. The summed E-state index contributed by atoms with van der Waals surface area (Å²) in [6.45, 7) is 2.74. The molecule has 1 amide bonds. The van der Waals surface area contributed by atoms with Crippen LogP contribution in [0.1, 0.15) is 48.1 Å². The second-order valence-corrected chi connectivity index (χ2v) is 9.73. The Bertz CT molecular complexity index is 1050. The van der Waals surface area contributed by atoms with E-state index in [0.29, 0.717) is 24.6 Å². The number of carbonyl (C=O) groups is 1. The largest absolute Gasteiger partial charge is 0.497 e. The van der Waals surface area contributed by atoms with E-state index in [4.69, 9.17) is 21.1 Å². The van der Waals surface area contributed by atoms with E-state index in [1.165, 1.54) is 22.5 Å². The molecule has 1 N–H and O–H groups in total. The van der Waals surface area contributed by atoms with Crippen molar-refractivity contribution in [1.82, 2.24) is 9.62 Å². The summed E-state index contributed by atoms with van der Waals surface area (Å²) in [6.07, 6.45) is 2.64. The molecule has 168 valence electrons. The number of rotatable bonds is 7. The summed E-state index contributed by atoms with van der Waals surface area (Å²) >= 11 is 6.21. The topological polar surface area (TPSA) is 84.9 Å². The molecule has 7 nitrogen and oxygen atoms in total. The third kappa shape index (κ3) is 5.14. The van der Waals surface area contributed by atoms with Crippen molar-refractivity contribution in [2.75, 3.05) is 27.3 Å². The molecule has 0 unspecified atom stereocenters. The van der Waals surface area contributed by atoms with Gasteiger partial charge in [-0.15, -0.1) is 0 Å². The first kappa shape index (κ1) is 23.4. The van der Waals surface area contributed by atoms with E-state index in [2.05, 4.69) is 5.32 Å². The molecule has 0 aliphatic carbocycles. The molecule has 1 aliphatic rings. The number of methoxy groups -OCH3 is 2. The minimum absolute atomic E-state index is 0.0460. The number of amides is 1. The maximum Gasteiger partial charge on any atom is 0.251 e. The van der Waals surface area contributed by atoms with E-state index in [9.17, 15) is 13.2 Å². The van der Waals surface area contributed by atoms with Gasteiger partial charge in [0.25, 0.3) is 5.91 Å². The Hall–Kier alpha value is -2.29. The number of nitrogens with one attached hydrogen (secondary N) is 1. The fourth-order valence-corrected chi connectivity index (χ4v) is 5.64. The lowest BCUT2D eigenvalue weighted by Gasteiger charge is -2.26. The highest BCUT2D eigenvalue weighted by Crippen LogP contribution is 2.31. The van der Waals surface area contributed by atoms with Crippen molar-refractivity contribution in [3.8, 4) is 11.5 Å². The van der Waals surface area contributed by atoms with Gasteiger partial charge in [-0.2, -0.15) is 4.31 Å². The van der Waals surface area contributed by atoms with Crippen LogP contribution in [-0.4, -0.2) is 45.9 Å². The summed E-state index contributed by atoms with van der Waals surface area (Å²) in [5.74, 6) is 0.834. The first-order valence-corrected chi connectivity index (χ1v) is 11.9. The number of carbonyl (C=O) groups excluding carboxylic acids is 1. The van der Waals surface area contributed by atoms with Crippen LogP contribution in [0, 0.1) is 0 Å². The Kier molecular flexibility index (Phi) is 7.46. The standard InChI is InChI=1S/C22H27ClN2O5S/c1-15(18-14-17(29-2)8-10-20(18)30-3)24-22(26)16-7-9-19(23)21(13-16)31(27,28)25-11-5-4-6-12-25/h7-10,13-15H,4-6,11-12H2,1-3H3,(H,24,26)/t15-/m0/s1. The van der Waals surface area contributed by atoms with E-state index < -0.39 is 22.0 Å². The van der Waals surface area contributed by atoms with Crippen LogP contribution in [0.3, 0.4) is 0 Å². The monoisotopic (exact) mass is 466 g/mol. The number of hydrogen-bond donors (Lipinski definition) is 1. The van der Waals surface area contributed by atoms with Gasteiger partial charge in [-0.25, -0.2) is 8.42 Å². The Balaban J connectivity index is 1.85. The van der Waals surface area contributed by atoms with Crippen LogP contribution < -0.4 is 14.8 Å². The maximum atomic E-state index is 13.1. The van der Waals surface area contributed by atoms with E-state index in [1.54, 1.807) is 32.4 Å². The zero-order valence-corrected chi connectivity index (χ0v) is 19.4. The molecule has 1 atom stereocenters. The summed E-state index contributed by atoms with van der Waals surface area (Å²) in [7, 11) is -0.649. The summed E-state index contributed by atoms with van der Waals surface area (Å²) in [6, 6.07) is 9.23. The minimum atomic E-state index is -3.76. The third-order valence-electron chi connectivity index (χ3n) is 5.38. The predicted octanol–water partition coefficient (Wildman–Crippen LogP) is 4.02. The first-order valence-electron chi connectivity index (χ1n) is 10.1. The normalized spacial score (nSPS) is 15.9. The van der Waals surface area contributed by atoms with Crippen molar-refractivity contribution in [2.45, 2.75) is 37.1 Å². The predicted molar refractivity (Wildman–Crippen MR) is 119 cm³/mol. The number of hydrogen-bond acceptors (Lipinski definition) is 5. The molecule has 0 saturated carbocycles. The second-order valence-electron chi connectivity index (χ2n) is 7.41. The highest BCUT2D eigenvalue weighted by atomic mass is 35.5. The lowest BCUT2D eigenvalue weighted by molar-refractivity contribution is 0.0939. The Labute approximate surface area is 188 Å². The highest BCUT2D eigenvalue weighted by Gasteiger charge is 2.29. The van der Waals surface area contributed by atoms with Crippen molar-refractivity contribution in [1.29, 1.82) is 0 Å². The number of ether oxygens (including phenoxy) is 2. The van der Waals surface area contributed by atoms with Gasteiger partial charge in [0.05, 0.1) is 25.3 Å². The maximum absolute atomic E-state index is 13.1. The zero-order chi connectivity index (χ0) is 22.6. The van der Waals surface area contributed by atoms with Gasteiger partial charge in [0, 0.05) is 24.2 Å². The van der Waals surface area contributed by atoms with Crippen molar-refractivity contribution in [3.05, 3.63) is 52.5 Å². The van der Waals surface area contributed by atoms with E-state index in [1.807, 2.05) is 6.92 Å². The smallest absolute Gasteiger partial charge is 0.251 e. The summed E-state index contributed by atoms with van der Waals surface area (Å²) < 4.78 is 38.2. The molecule has 1 heterocycles. The van der Waals surface area contributed by atoms with Gasteiger partial charge in [-0.1, -0.05) is 18.0 Å². The summed E-state index contributed by atoms with van der Waals surface area (Å²) in [4.78, 5) is 12.9. The van der Waals surface area contributed by atoms with E-state index in [0.717, 1.165) is 24.8 Å². The van der Waals surface area contributed by atoms with Crippen LogP contribution in [0.15, 0.2) is 41.3 Å². The molecule has 2 aromatic carbocycles. The fraction of sp³-hybridized carbons (Fsp3) is 0.409. The molecular formula is C22H27ClN2O5S. The van der Waals surface area contributed by atoms with E-state index >= 15 is 0 Å². The van der Waals surface area contributed by atoms with Crippen LogP contribution in [0.2, 0.25) is 5.02 Å². The Morgan fingerprint density at radius 2 is 1.77 bits per heavy atom. The molecule has 1 fully saturated rings. The van der Waals surface area contributed by atoms with Crippen molar-refractivity contribution >= 4 is 27.5 Å². The van der Waals surface area contributed by atoms with Crippen LogP contribution in [0.25, 0.3) is 0 Å². The molecule has 2 aromatic rings. The lowest BCUT2D eigenvalue weighted by atomic mass is 10.1. The number of piperidine rings is 1. The fourth-order valence-electron chi connectivity index (χ4n) is 3.62. The minimum Gasteiger partial charge on any atom is -0.497 e. The van der Waals surface area contributed by atoms with Crippen LogP contribution in [-0.2, 0) is 10.0 Å². The molecule has 1 saturated heterocycles. The van der Waals surface area contributed by atoms with E-state index in [-0.39, 0.29) is 15.5 Å². The van der Waals surface area contributed by atoms with Crippen LogP contribution in [0.4, 0.5) is 0 Å². The van der Waals surface area contributed by atoms with Crippen molar-refractivity contribution in [3.63, 3.8) is 0 Å². The first-order chi connectivity index (χ1) is 14.8. The number of sulfonamides is 1. The number of benzene rings is 2. The zero-order valence-electron chi connectivity index (χ0n) is 17.9. The Morgan fingerprint density at radius 3 is 2.42 bits per heavy atom. The highest BCUT2D eigenvalue weighted by molar-refractivity contribution is 7.89. The summed E-state index contributed by atoms with van der Waals surface area (Å²) in [5, 5.41) is 2.99.